The number of nitrogens with two attached hydrogens (primary N) is 4. The highest BCUT2D eigenvalue weighted by molar-refractivity contribution is 5.98. The first-order valence-corrected chi connectivity index (χ1v) is 5.63. The van der Waals surface area contributed by atoms with Gasteiger partial charge in [-0.2, -0.15) is 5.10 Å². The van der Waals surface area contributed by atoms with Crippen LogP contribution in [0.25, 0.3) is 0 Å². The maximum Gasteiger partial charge on any atom is 0.335 e. The van der Waals surface area contributed by atoms with Crippen LogP contribution in [0.1, 0.15) is 25.6 Å². The fourth-order valence-corrected chi connectivity index (χ4v) is 1.61. The minimum atomic E-state index is -1.01. The number of hydrazine groups is 2. The Bertz CT molecular complexity index is 526. The van der Waals surface area contributed by atoms with E-state index < -0.39 is 18.7 Å². The van der Waals surface area contributed by atoms with Gasteiger partial charge in [-0.1, -0.05) is 0 Å². The van der Waals surface area contributed by atoms with Crippen LogP contribution in [-0.4, -0.2) is 26.9 Å². The van der Waals surface area contributed by atoms with E-state index in [0.717, 1.165) is 0 Å². The van der Waals surface area contributed by atoms with E-state index in [4.69, 9.17) is 23.2 Å². The fraction of sp³-hybridized carbons (Fsp3) is 0.444. The molecule has 1 aromatic rings. The molecule has 1 rings (SSSR count). The van der Waals surface area contributed by atoms with Crippen LogP contribution in [-0.2, 0) is 6.61 Å². The second kappa shape index (κ2) is 5.73. The van der Waals surface area contributed by atoms with Crippen molar-refractivity contribution in [2.75, 3.05) is 10.0 Å². The van der Waals surface area contributed by atoms with E-state index in [2.05, 4.69) is 5.10 Å². The predicted octanol–water partition coefficient (Wildman–Crippen LogP) is -1.53. The number of hydrogen-bond donors (Lipinski definition) is 5. The number of nitrogens with zero attached hydrogens (tertiary/aromatic N) is 4. The number of carbonyl (C=O) groups excluding carboxylic acids is 2. The summed E-state index contributed by atoms with van der Waals surface area (Å²) in [6, 6.07) is -2.24. The first-order valence-electron chi connectivity index (χ1n) is 5.63. The molecule has 9 N–H and O–H groups in total. The van der Waals surface area contributed by atoms with E-state index in [1.165, 1.54) is 4.68 Å². The molecular weight excluding hydrogens is 268 g/mol. The molecule has 0 saturated heterocycles. The molecule has 20 heavy (non-hydrogen) atoms. The van der Waals surface area contributed by atoms with E-state index in [0.29, 0.717) is 10.0 Å². The summed E-state index contributed by atoms with van der Waals surface area (Å²) in [4.78, 5) is 22.5. The van der Waals surface area contributed by atoms with Crippen molar-refractivity contribution in [3.05, 3.63) is 5.69 Å². The van der Waals surface area contributed by atoms with Crippen LogP contribution in [0.15, 0.2) is 0 Å². The number of primary amides is 2. The molecule has 0 aliphatic rings. The van der Waals surface area contributed by atoms with E-state index in [1.807, 2.05) is 0 Å². The summed E-state index contributed by atoms with van der Waals surface area (Å²) in [5.41, 5.74) is 10.2. The number of aliphatic hydroxyl groups is 1. The van der Waals surface area contributed by atoms with Crippen LogP contribution in [0.4, 0.5) is 21.1 Å². The van der Waals surface area contributed by atoms with Crippen molar-refractivity contribution in [3.63, 3.8) is 0 Å². The van der Waals surface area contributed by atoms with Gasteiger partial charge in [0.05, 0.1) is 6.61 Å². The van der Waals surface area contributed by atoms with Gasteiger partial charge in [0, 0.05) is 6.04 Å². The first-order chi connectivity index (χ1) is 9.22. The minimum Gasteiger partial charge on any atom is -0.390 e. The Labute approximate surface area is 114 Å². The van der Waals surface area contributed by atoms with Gasteiger partial charge in [0.25, 0.3) is 0 Å². The molecule has 0 unspecified atom stereocenters. The van der Waals surface area contributed by atoms with Gasteiger partial charge in [0.2, 0.25) is 0 Å². The van der Waals surface area contributed by atoms with Crippen molar-refractivity contribution in [2.24, 2.45) is 23.2 Å². The summed E-state index contributed by atoms with van der Waals surface area (Å²) in [7, 11) is 0. The molecule has 0 radical (unpaired) electrons. The van der Waals surface area contributed by atoms with Gasteiger partial charge in [-0.05, 0) is 13.8 Å². The molecule has 0 fully saturated rings. The Morgan fingerprint density at radius 2 is 1.75 bits per heavy atom. The Balaban J connectivity index is 3.60. The number of amides is 4. The zero-order chi connectivity index (χ0) is 15.6. The van der Waals surface area contributed by atoms with Crippen molar-refractivity contribution < 1.29 is 14.7 Å². The van der Waals surface area contributed by atoms with Gasteiger partial charge < -0.3 is 16.6 Å². The van der Waals surface area contributed by atoms with Crippen LogP contribution in [0.5, 0.6) is 0 Å². The second-order valence-electron chi connectivity index (χ2n) is 4.23. The molecule has 4 amide bonds. The van der Waals surface area contributed by atoms with Crippen molar-refractivity contribution in [1.29, 1.82) is 0 Å². The highest BCUT2D eigenvalue weighted by Gasteiger charge is 2.29. The van der Waals surface area contributed by atoms with Crippen molar-refractivity contribution >= 4 is 23.6 Å². The van der Waals surface area contributed by atoms with Gasteiger partial charge in [-0.3, -0.25) is 0 Å². The zero-order valence-electron chi connectivity index (χ0n) is 11.1. The molecule has 11 nitrogen and oxygen atoms in total. The Hall–Kier alpha value is -2.37. The average molecular weight is 286 g/mol. The average Bonchev–Trinajstić information content (AvgIpc) is 2.75. The summed E-state index contributed by atoms with van der Waals surface area (Å²) < 4.78 is 1.30. The lowest BCUT2D eigenvalue weighted by Crippen LogP contribution is -2.47. The third-order valence-electron chi connectivity index (χ3n) is 2.51. The number of hydrogen-bond acceptors (Lipinski definition) is 6. The van der Waals surface area contributed by atoms with Crippen LogP contribution in [0.3, 0.4) is 0 Å². The normalized spacial score (nSPS) is 10.7. The predicted molar refractivity (Wildman–Crippen MR) is 71.0 cm³/mol. The maximum atomic E-state index is 11.3. The molecule has 0 aliphatic carbocycles. The molecule has 0 atom stereocenters. The SMILES string of the molecule is CC(C)n1nc(CO)c(N(N)C(N)=O)c1N(N)C(N)=O. The molecule has 1 heterocycles. The van der Waals surface area contributed by atoms with Crippen LogP contribution in [0, 0.1) is 0 Å². The number of rotatable bonds is 4. The lowest BCUT2D eigenvalue weighted by molar-refractivity contribution is 0.252. The van der Waals surface area contributed by atoms with Gasteiger partial charge in [-0.15, -0.1) is 0 Å². The molecule has 0 bridgehead atoms. The van der Waals surface area contributed by atoms with Crippen molar-refractivity contribution in [1.82, 2.24) is 9.78 Å². The number of anilines is 2. The van der Waals surface area contributed by atoms with Crippen molar-refractivity contribution in [2.45, 2.75) is 26.5 Å². The van der Waals surface area contributed by atoms with E-state index in [1.54, 1.807) is 13.8 Å². The van der Waals surface area contributed by atoms with Crippen LogP contribution in [0.2, 0.25) is 0 Å². The third-order valence-corrected chi connectivity index (χ3v) is 2.51. The monoisotopic (exact) mass is 286 g/mol. The smallest absolute Gasteiger partial charge is 0.335 e. The summed E-state index contributed by atoms with van der Waals surface area (Å²) in [5.74, 6) is 11.0. The van der Waals surface area contributed by atoms with Crippen molar-refractivity contribution in [3.8, 4) is 0 Å². The number of carbonyl (C=O) groups is 2. The number of urea groups is 2. The molecule has 0 aromatic carbocycles. The van der Waals surface area contributed by atoms with Gasteiger partial charge >= 0.3 is 12.1 Å². The molecule has 0 spiro atoms. The first kappa shape index (κ1) is 15.7. The highest BCUT2D eigenvalue weighted by Crippen LogP contribution is 2.33. The van der Waals surface area contributed by atoms with E-state index in [9.17, 15) is 14.7 Å². The Morgan fingerprint density at radius 1 is 1.25 bits per heavy atom. The zero-order valence-corrected chi connectivity index (χ0v) is 11.1. The minimum absolute atomic E-state index is 0.0340. The van der Waals surface area contributed by atoms with Gasteiger partial charge in [0.15, 0.2) is 5.82 Å². The summed E-state index contributed by atoms with van der Waals surface area (Å²) in [5, 5.41) is 14.5. The molecular formula is C9H18N8O3. The number of aromatic nitrogens is 2. The standard InChI is InChI=1S/C9H18N8O3/c1-4(2)17-7(16(13)9(11)20)6(5(3-18)14-17)15(12)8(10)19/h4,18H,3,12-13H2,1-2H3,(H2,10,19)(H2,11,20). The van der Waals surface area contributed by atoms with Crippen LogP contribution >= 0.6 is 0 Å². The highest BCUT2D eigenvalue weighted by atomic mass is 16.3. The van der Waals surface area contributed by atoms with E-state index in [-0.39, 0.29) is 23.2 Å². The molecule has 112 valence electrons. The largest absolute Gasteiger partial charge is 0.390 e. The van der Waals surface area contributed by atoms with E-state index >= 15 is 0 Å². The lowest BCUT2D eigenvalue weighted by Gasteiger charge is -2.22. The number of aliphatic hydroxyl groups excluding tert-OH is 1. The molecule has 0 saturated carbocycles. The van der Waals surface area contributed by atoms with Gasteiger partial charge in [0.1, 0.15) is 11.4 Å². The Morgan fingerprint density at radius 3 is 2.10 bits per heavy atom. The lowest BCUT2D eigenvalue weighted by atomic mass is 10.3. The Kier molecular flexibility index (Phi) is 4.49. The summed E-state index contributed by atoms with van der Waals surface area (Å²) in [6.45, 7) is 2.97. The molecule has 11 heteroatoms. The fourth-order valence-electron chi connectivity index (χ4n) is 1.61. The quantitative estimate of drug-likeness (QED) is 0.254. The molecule has 1 aromatic heterocycles. The molecule has 0 aliphatic heterocycles. The second-order valence-corrected chi connectivity index (χ2v) is 4.23. The third kappa shape index (κ3) is 2.64. The summed E-state index contributed by atoms with van der Waals surface area (Å²) >= 11 is 0. The van der Waals surface area contributed by atoms with Gasteiger partial charge in [-0.25, -0.2) is 36.0 Å². The maximum absolute atomic E-state index is 11.3. The summed E-state index contributed by atoms with van der Waals surface area (Å²) in [6.07, 6.45) is 0. The topological polar surface area (TPSA) is 183 Å². The van der Waals surface area contributed by atoms with Crippen LogP contribution < -0.4 is 33.2 Å².